The predicted molar refractivity (Wildman–Crippen MR) is 124 cm³/mol. The third-order valence-electron chi connectivity index (χ3n) is 5.14. The van der Waals surface area contributed by atoms with Gasteiger partial charge in [0.05, 0.1) is 4.90 Å². The first-order valence-electron chi connectivity index (χ1n) is 9.68. The fourth-order valence-electron chi connectivity index (χ4n) is 3.45. The zero-order valence-corrected chi connectivity index (χ0v) is 19.9. The second-order valence-corrected chi connectivity index (χ2v) is 12.7. The molecule has 0 atom stereocenters. The van der Waals surface area contributed by atoms with Gasteiger partial charge in [-0.1, -0.05) is 24.6 Å². The Bertz CT molecular complexity index is 1320. The zero-order chi connectivity index (χ0) is 22.2. The third kappa shape index (κ3) is 4.65. The van der Waals surface area contributed by atoms with Crippen LogP contribution in [-0.4, -0.2) is 27.7 Å². The molecular weight excluding hydrogens is 476 g/mol. The molecule has 1 aliphatic heterocycles. The summed E-state index contributed by atoms with van der Waals surface area (Å²) in [5, 5.41) is 0.469. The van der Waals surface area contributed by atoms with Crippen LogP contribution in [0.25, 0.3) is 0 Å². The van der Waals surface area contributed by atoms with Crippen molar-refractivity contribution in [2.24, 2.45) is 0 Å². The maximum Gasteiger partial charge on any atom is 0.271 e. The molecule has 0 saturated carbocycles. The highest BCUT2D eigenvalue weighted by Crippen LogP contribution is 2.29. The fraction of sp³-hybridized carbons (Fsp3) is 0.238. The summed E-state index contributed by atoms with van der Waals surface area (Å²) in [4.78, 5) is 1.18. The van der Waals surface area contributed by atoms with E-state index in [1.165, 1.54) is 27.8 Å². The first kappa shape index (κ1) is 22.3. The summed E-state index contributed by atoms with van der Waals surface area (Å²) in [6.45, 7) is 2.51. The molecule has 31 heavy (non-hydrogen) atoms. The van der Waals surface area contributed by atoms with E-state index in [1.807, 2.05) is 19.1 Å². The number of hydrogen-bond donors (Lipinski definition) is 1. The fourth-order valence-corrected chi connectivity index (χ4v) is 7.34. The van der Waals surface area contributed by atoms with Gasteiger partial charge in [-0.3, -0.25) is 4.72 Å². The van der Waals surface area contributed by atoms with Gasteiger partial charge in [-0.2, -0.15) is 4.31 Å². The molecule has 0 aliphatic carbocycles. The Balaban J connectivity index is 1.57. The predicted octanol–water partition coefficient (Wildman–Crippen LogP) is 4.51. The largest absolute Gasteiger partial charge is 0.279 e. The van der Waals surface area contributed by atoms with E-state index >= 15 is 0 Å². The number of halogens is 1. The number of rotatable bonds is 6. The molecule has 1 N–H and O–H groups in total. The van der Waals surface area contributed by atoms with Crippen molar-refractivity contribution in [3.05, 3.63) is 75.6 Å². The minimum absolute atomic E-state index is 0.175. The van der Waals surface area contributed by atoms with E-state index in [4.69, 9.17) is 11.6 Å². The van der Waals surface area contributed by atoms with Crippen molar-refractivity contribution < 1.29 is 16.8 Å². The normalized spacial score (nSPS) is 14.9. The summed E-state index contributed by atoms with van der Waals surface area (Å²) in [5.74, 6) is 0. The second kappa shape index (κ2) is 8.55. The molecule has 2 heterocycles. The lowest BCUT2D eigenvalue weighted by molar-refractivity contribution is 0.391. The number of benzene rings is 2. The molecule has 2 aromatic carbocycles. The second-order valence-electron chi connectivity index (χ2n) is 7.21. The quantitative estimate of drug-likeness (QED) is 0.544. The molecule has 164 valence electrons. The standard InChI is InChI=1S/C21H21ClN2O4S3/c1-2-19-7-10-21(29-19)30(25,26)23-18-6-3-15-11-12-24(14-16(15)13-18)31(27,28)20-8-4-17(22)5-9-20/h3-10,13,23H,2,11-12,14H2,1H3. The van der Waals surface area contributed by atoms with Crippen LogP contribution in [0.3, 0.4) is 0 Å². The summed E-state index contributed by atoms with van der Waals surface area (Å²) in [5.41, 5.74) is 2.20. The van der Waals surface area contributed by atoms with Crippen molar-refractivity contribution in [1.29, 1.82) is 0 Å². The van der Waals surface area contributed by atoms with E-state index in [0.29, 0.717) is 23.7 Å². The SMILES string of the molecule is CCc1ccc(S(=O)(=O)Nc2ccc3c(c2)CN(S(=O)(=O)c2ccc(Cl)cc2)CC3)s1. The Labute approximate surface area is 191 Å². The highest BCUT2D eigenvalue weighted by atomic mass is 35.5. The number of aryl methyl sites for hydroxylation is 1. The number of nitrogens with one attached hydrogen (secondary N) is 1. The lowest BCUT2D eigenvalue weighted by Crippen LogP contribution is -2.36. The van der Waals surface area contributed by atoms with Gasteiger partial charge in [0.2, 0.25) is 10.0 Å². The highest BCUT2D eigenvalue weighted by molar-refractivity contribution is 7.94. The average Bonchev–Trinajstić information content (AvgIpc) is 3.24. The summed E-state index contributed by atoms with van der Waals surface area (Å²) in [6.07, 6.45) is 1.33. The highest BCUT2D eigenvalue weighted by Gasteiger charge is 2.28. The van der Waals surface area contributed by atoms with Gasteiger partial charge in [0.25, 0.3) is 10.0 Å². The Morgan fingerprint density at radius 2 is 1.74 bits per heavy atom. The van der Waals surface area contributed by atoms with E-state index in [0.717, 1.165) is 22.4 Å². The van der Waals surface area contributed by atoms with Gasteiger partial charge in [0.15, 0.2) is 0 Å². The number of thiophene rings is 1. The Morgan fingerprint density at radius 1 is 1.00 bits per heavy atom. The van der Waals surface area contributed by atoms with E-state index in [9.17, 15) is 16.8 Å². The minimum atomic E-state index is -3.69. The lowest BCUT2D eigenvalue weighted by atomic mass is 10.0. The molecule has 0 unspecified atom stereocenters. The van der Waals surface area contributed by atoms with Crippen LogP contribution in [0.4, 0.5) is 5.69 Å². The molecular formula is C21H21ClN2O4S3. The van der Waals surface area contributed by atoms with E-state index in [1.54, 1.807) is 30.3 Å². The molecule has 1 aliphatic rings. The summed E-state index contributed by atoms with van der Waals surface area (Å²) < 4.78 is 55.7. The molecule has 0 bridgehead atoms. The van der Waals surface area contributed by atoms with Gasteiger partial charge in [-0.05, 0) is 72.5 Å². The number of fused-ring (bicyclic) bond motifs is 1. The molecule has 10 heteroatoms. The Morgan fingerprint density at radius 3 is 2.42 bits per heavy atom. The third-order valence-corrected chi connectivity index (χ3v) is 10.4. The van der Waals surface area contributed by atoms with Crippen LogP contribution in [0, 0.1) is 0 Å². The van der Waals surface area contributed by atoms with Crippen LogP contribution >= 0.6 is 22.9 Å². The van der Waals surface area contributed by atoms with Crippen LogP contribution in [-0.2, 0) is 39.4 Å². The Kier molecular flexibility index (Phi) is 6.15. The number of sulfonamides is 2. The van der Waals surface area contributed by atoms with Crippen molar-refractivity contribution in [1.82, 2.24) is 4.31 Å². The van der Waals surface area contributed by atoms with Crippen molar-refractivity contribution in [2.75, 3.05) is 11.3 Å². The number of anilines is 1. The molecule has 1 aromatic heterocycles. The first-order chi connectivity index (χ1) is 14.7. The maximum absolute atomic E-state index is 13.0. The van der Waals surface area contributed by atoms with Crippen molar-refractivity contribution in [2.45, 2.75) is 35.4 Å². The minimum Gasteiger partial charge on any atom is -0.279 e. The van der Waals surface area contributed by atoms with Crippen LogP contribution < -0.4 is 4.72 Å². The van der Waals surface area contributed by atoms with E-state index in [-0.39, 0.29) is 15.6 Å². The lowest BCUT2D eigenvalue weighted by Gasteiger charge is -2.28. The van der Waals surface area contributed by atoms with Gasteiger partial charge in [-0.15, -0.1) is 11.3 Å². The van der Waals surface area contributed by atoms with Crippen molar-refractivity contribution in [3.8, 4) is 0 Å². The van der Waals surface area contributed by atoms with Crippen molar-refractivity contribution in [3.63, 3.8) is 0 Å². The average molecular weight is 497 g/mol. The number of nitrogens with zero attached hydrogens (tertiary/aromatic N) is 1. The molecule has 0 spiro atoms. The van der Waals surface area contributed by atoms with Crippen molar-refractivity contribution >= 4 is 48.7 Å². The molecule has 0 saturated heterocycles. The monoisotopic (exact) mass is 496 g/mol. The van der Waals surface area contributed by atoms with Gasteiger partial charge < -0.3 is 0 Å². The summed E-state index contributed by atoms with van der Waals surface area (Å²) in [7, 11) is -7.37. The molecule has 3 aromatic rings. The van der Waals surface area contributed by atoms with Crippen LogP contribution in [0.5, 0.6) is 0 Å². The van der Waals surface area contributed by atoms with E-state index < -0.39 is 20.0 Å². The summed E-state index contributed by atoms with van der Waals surface area (Å²) >= 11 is 7.12. The number of hydrogen-bond acceptors (Lipinski definition) is 5. The molecule has 0 fully saturated rings. The Hall–Kier alpha value is -1.91. The molecule has 4 rings (SSSR count). The van der Waals surface area contributed by atoms with Gasteiger partial charge in [0.1, 0.15) is 4.21 Å². The van der Waals surface area contributed by atoms with Gasteiger partial charge in [0, 0.05) is 28.7 Å². The summed E-state index contributed by atoms with van der Waals surface area (Å²) in [6, 6.07) is 14.8. The van der Waals surface area contributed by atoms with Gasteiger partial charge in [-0.25, -0.2) is 16.8 Å². The first-order valence-corrected chi connectivity index (χ1v) is 13.8. The molecule has 0 amide bonds. The zero-order valence-electron chi connectivity index (χ0n) is 16.7. The van der Waals surface area contributed by atoms with Crippen LogP contribution in [0.2, 0.25) is 5.02 Å². The van der Waals surface area contributed by atoms with E-state index in [2.05, 4.69) is 4.72 Å². The topological polar surface area (TPSA) is 83.6 Å². The molecule has 6 nitrogen and oxygen atoms in total. The van der Waals surface area contributed by atoms with Gasteiger partial charge >= 0.3 is 0 Å². The van der Waals surface area contributed by atoms with Crippen LogP contribution in [0.1, 0.15) is 22.9 Å². The van der Waals surface area contributed by atoms with Crippen LogP contribution in [0.15, 0.2) is 63.7 Å². The maximum atomic E-state index is 13.0. The smallest absolute Gasteiger partial charge is 0.271 e. The molecule has 0 radical (unpaired) electrons.